The van der Waals surface area contributed by atoms with Gasteiger partial charge in [-0.3, -0.25) is 5.10 Å². The van der Waals surface area contributed by atoms with Crippen LogP contribution in [0.3, 0.4) is 0 Å². The minimum absolute atomic E-state index is 0.376. The second kappa shape index (κ2) is 5.71. The molecule has 0 spiro atoms. The van der Waals surface area contributed by atoms with E-state index in [2.05, 4.69) is 25.5 Å². The highest BCUT2D eigenvalue weighted by Gasteiger charge is 2.02. The molecule has 1 aromatic carbocycles. The van der Waals surface area contributed by atoms with Gasteiger partial charge in [0.05, 0.1) is 5.69 Å². The van der Waals surface area contributed by atoms with Crippen molar-refractivity contribution in [3.63, 3.8) is 0 Å². The van der Waals surface area contributed by atoms with Crippen LogP contribution in [0.15, 0.2) is 48.9 Å². The first-order valence-corrected chi connectivity index (χ1v) is 6.50. The summed E-state index contributed by atoms with van der Waals surface area (Å²) in [6.07, 6.45) is 4.91. The van der Waals surface area contributed by atoms with Gasteiger partial charge in [0.1, 0.15) is 0 Å². The summed E-state index contributed by atoms with van der Waals surface area (Å²) in [5, 5.41) is 10.4. The Kier molecular flexibility index (Phi) is 3.60. The Hall–Kier alpha value is -2.40. The molecule has 0 aliphatic rings. The highest BCUT2D eigenvalue weighted by atomic mass is 35.5. The van der Waals surface area contributed by atoms with Crippen LogP contribution >= 0.6 is 11.6 Å². The van der Waals surface area contributed by atoms with Gasteiger partial charge in [0.2, 0.25) is 0 Å². The molecule has 2 heterocycles. The molecular formula is C14H12ClN5. The first-order chi connectivity index (χ1) is 9.83. The number of H-pyrrole nitrogens is 1. The lowest BCUT2D eigenvalue weighted by molar-refractivity contribution is 1.08. The summed E-state index contributed by atoms with van der Waals surface area (Å²) in [6, 6.07) is 10.1. The molecule has 0 amide bonds. The zero-order valence-corrected chi connectivity index (χ0v) is 11.3. The second-order valence-electron chi connectivity index (χ2n) is 4.22. The standard InChI is InChI=1S/C14H12ClN5/c15-13-14(17-8-7-16-13)18-9-10-1-3-11(4-2-10)12-5-6-19-20-12/h1-8H,9H2,(H,17,18)(H,19,20). The summed E-state index contributed by atoms with van der Waals surface area (Å²) < 4.78 is 0. The summed E-state index contributed by atoms with van der Waals surface area (Å²) in [5.74, 6) is 0.590. The SMILES string of the molecule is Clc1nccnc1NCc1ccc(-c2ccn[nH]2)cc1. The van der Waals surface area contributed by atoms with Crippen molar-refractivity contribution in [2.45, 2.75) is 6.54 Å². The molecule has 0 saturated carbocycles. The lowest BCUT2D eigenvalue weighted by atomic mass is 10.1. The normalized spacial score (nSPS) is 10.4. The van der Waals surface area contributed by atoms with Gasteiger partial charge in [0.15, 0.2) is 11.0 Å². The molecule has 0 unspecified atom stereocenters. The molecule has 0 bridgehead atoms. The fraction of sp³-hybridized carbons (Fsp3) is 0.0714. The number of hydrogen-bond donors (Lipinski definition) is 2. The van der Waals surface area contributed by atoms with Crippen LogP contribution < -0.4 is 5.32 Å². The zero-order chi connectivity index (χ0) is 13.8. The number of nitrogens with one attached hydrogen (secondary N) is 2. The summed E-state index contributed by atoms with van der Waals surface area (Å²) in [6.45, 7) is 0.641. The van der Waals surface area contributed by atoms with E-state index in [-0.39, 0.29) is 0 Å². The third-order valence-electron chi connectivity index (χ3n) is 2.88. The summed E-state index contributed by atoms with van der Waals surface area (Å²) in [7, 11) is 0. The van der Waals surface area contributed by atoms with E-state index in [4.69, 9.17) is 11.6 Å². The van der Waals surface area contributed by atoms with Crippen LogP contribution in [-0.2, 0) is 6.54 Å². The quantitative estimate of drug-likeness (QED) is 0.773. The maximum atomic E-state index is 5.94. The number of benzene rings is 1. The first-order valence-electron chi connectivity index (χ1n) is 6.12. The van der Waals surface area contributed by atoms with Crippen LogP contribution in [0.25, 0.3) is 11.3 Å². The number of aromatic nitrogens is 4. The first kappa shape index (κ1) is 12.6. The minimum atomic E-state index is 0.376. The third-order valence-corrected chi connectivity index (χ3v) is 3.16. The van der Waals surface area contributed by atoms with E-state index >= 15 is 0 Å². The molecule has 0 radical (unpaired) electrons. The minimum Gasteiger partial charge on any atom is -0.363 e. The Bertz CT molecular complexity index is 679. The van der Waals surface area contributed by atoms with E-state index in [9.17, 15) is 0 Å². The average molecular weight is 286 g/mol. The average Bonchev–Trinajstić information content (AvgIpc) is 3.01. The Balaban J connectivity index is 1.68. The van der Waals surface area contributed by atoms with Crippen molar-refractivity contribution in [3.05, 3.63) is 59.6 Å². The third kappa shape index (κ3) is 2.78. The fourth-order valence-electron chi connectivity index (χ4n) is 1.84. The molecule has 3 aromatic rings. The van der Waals surface area contributed by atoms with Crippen LogP contribution in [0.2, 0.25) is 5.15 Å². The second-order valence-corrected chi connectivity index (χ2v) is 4.57. The zero-order valence-electron chi connectivity index (χ0n) is 10.5. The summed E-state index contributed by atoms with van der Waals surface area (Å²) in [5.41, 5.74) is 3.24. The van der Waals surface area contributed by atoms with Crippen LogP contribution in [0.4, 0.5) is 5.82 Å². The van der Waals surface area contributed by atoms with E-state index in [1.807, 2.05) is 30.3 Å². The van der Waals surface area contributed by atoms with Gasteiger partial charge in [0.25, 0.3) is 0 Å². The van der Waals surface area contributed by atoms with E-state index in [0.717, 1.165) is 16.8 Å². The molecule has 6 heteroatoms. The van der Waals surface area contributed by atoms with Crippen LogP contribution in [0.5, 0.6) is 0 Å². The molecule has 5 nitrogen and oxygen atoms in total. The molecule has 3 rings (SSSR count). The van der Waals surface area contributed by atoms with Crippen molar-refractivity contribution in [2.24, 2.45) is 0 Å². The van der Waals surface area contributed by atoms with Crippen molar-refractivity contribution in [2.75, 3.05) is 5.32 Å². The van der Waals surface area contributed by atoms with Crippen molar-refractivity contribution < 1.29 is 0 Å². The summed E-state index contributed by atoms with van der Waals surface area (Å²) >= 11 is 5.94. The summed E-state index contributed by atoms with van der Waals surface area (Å²) in [4.78, 5) is 8.10. The predicted molar refractivity (Wildman–Crippen MR) is 78.4 cm³/mol. The number of anilines is 1. The van der Waals surface area contributed by atoms with Crippen LogP contribution in [-0.4, -0.2) is 20.2 Å². The van der Waals surface area contributed by atoms with Gasteiger partial charge < -0.3 is 5.32 Å². The van der Waals surface area contributed by atoms with E-state index in [1.165, 1.54) is 0 Å². The van der Waals surface area contributed by atoms with Gasteiger partial charge >= 0.3 is 0 Å². The highest BCUT2D eigenvalue weighted by Crippen LogP contribution is 2.18. The molecule has 2 N–H and O–H groups in total. The van der Waals surface area contributed by atoms with Gasteiger partial charge in [-0.25, -0.2) is 9.97 Å². The van der Waals surface area contributed by atoms with Crippen molar-refractivity contribution >= 4 is 17.4 Å². The number of rotatable bonds is 4. The van der Waals surface area contributed by atoms with Gasteiger partial charge in [-0.1, -0.05) is 35.9 Å². The van der Waals surface area contributed by atoms with E-state index in [0.29, 0.717) is 17.5 Å². The van der Waals surface area contributed by atoms with Gasteiger partial charge in [-0.2, -0.15) is 5.10 Å². The maximum Gasteiger partial charge on any atom is 0.171 e. The number of hydrogen-bond acceptors (Lipinski definition) is 4. The maximum absolute atomic E-state index is 5.94. The van der Waals surface area contributed by atoms with Crippen molar-refractivity contribution in [3.8, 4) is 11.3 Å². The van der Waals surface area contributed by atoms with E-state index < -0.39 is 0 Å². The number of aromatic amines is 1. The molecule has 20 heavy (non-hydrogen) atoms. The van der Waals surface area contributed by atoms with Crippen LogP contribution in [0.1, 0.15) is 5.56 Å². The molecule has 100 valence electrons. The largest absolute Gasteiger partial charge is 0.363 e. The Morgan fingerprint density at radius 2 is 1.80 bits per heavy atom. The molecule has 0 atom stereocenters. The Morgan fingerprint density at radius 3 is 2.50 bits per heavy atom. The lowest BCUT2D eigenvalue weighted by Gasteiger charge is -2.07. The number of nitrogens with zero attached hydrogens (tertiary/aromatic N) is 3. The Morgan fingerprint density at radius 1 is 1.00 bits per heavy atom. The smallest absolute Gasteiger partial charge is 0.171 e. The lowest BCUT2D eigenvalue weighted by Crippen LogP contribution is -2.02. The van der Waals surface area contributed by atoms with Gasteiger partial charge in [0, 0.05) is 25.1 Å². The molecule has 0 aliphatic heterocycles. The molecule has 2 aromatic heterocycles. The Labute approximate surface area is 121 Å². The van der Waals surface area contributed by atoms with Gasteiger partial charge in [-0.05, 0) is 17.2 Å². The van der Waals surface area contributed by atoms with Gasteiger partial charge in [-0.15, -0.1) is 0 Å². The van der Waals surface area contributed by atoms with Crippen molar-refractivity contribution in [1.29, 1.82) is 0 Å². The fourth-order valence-corrected chi connectivity index (χ4v) is 2.02. The van der Waals surface area contributed by atoms with Crippen molar-refractivity contribution in [1.82, 2.24) is 20.2 Å². The monoisotopic (exact) mass is 285 g/mol. The highest BCUT2D eigenvalue weighted by molar-refractivity contribution is 6.31. The predicted octanol–water partition coefficient (Wildman–Crippen LogP) is 3.13. The molecule has 0 aliphatic carbocycles. The number of halogens is 1. The molecule has 0 saturated heterocycles. The van der Waals surface area contributed by atoms with E-state index in [1.54, 1.807) is 18.6 Å². The molecular weight excluding hydrogens is 274 g/mol. The molecule has 0 fully saturated rings. The van der Waals surface area contributed by atoms with Crippen LogP contribution in [0, 0.1) is 0 Å². The topological polar surface area (TPSA) is 66.5 Å².